The Balaban J connectivity index is 2.42. The third-order valence-electron chi connectivity index (χ3n) is 3.16. The number of hydrogen-bond donors (Lipinski definition) is 2. The molecule has 2 unspecified atom stereocenters. The van der Waals surface area contributed by atoms with Crippen molar-refractivity contribution in [1.29, 1.82) is 0 Å². The van der Waals surface area contributed by atoms with E-state index in [0.29, 0.717) is 5.56 Å². The first kappa shape index (κ1) is 15.1. The van der Waals surface area contributed by atoms with Crippen molar-refractivity contribution in [3.8, 4) is 0 Å². The molecule has 0 saturated heterocycles. The molecule has 0 aromatic heterocycles. The molecule has 0 heterocycles. The number of rotatable bonds is 5. The molecule has 2 aromatic rings. The lowest BCUT2D eigenvalue weighted by atomic mass is 9.96. The molecular weight excluding hydrogens is 323 g/mol. The van der Waals surface area contributed by atoms with Gasteiger partial charge in [0.25, 0.3) is 0 Å². The average molecular weight is 339 g/mol. The normalized spacial score (nSPS) is 14.0. The topological polar surface area (TPSA) is 47.3 Å². The molecule has 2 atom stereocenters. The number of hydrogen-bond acceptors (Lipinski definition) is 3. The second kappa shape index (κ2) is 6.95. The first-order valence-electron chi connectivity index (χ1n) is 6.16. The van der Waals surface area contributed by atoms with Crippen LogP contribution in [0.25, 0.3) is 0 Å². The SMILES string of the molecule is COC(c1ccccc1)C(NN)c1cc(Br)ccc1F. The number of hydrazine groups is 1. The monoisotopic (exact) mass is 338 g/mol. The van der Waals surface area contributed by atoms with Crippen molar-refractivity contribution in [2.24, 2.45) is 5.84 Å². The average Bonchev–Trinajstić information content (AvgIpc) is 2.48. The lowest BCUT2D eigenvalue weighted by Crippen LogP contribution is -2.34. The van der Waals surface area contributed by atoms with Crippen LogP contribution in [0.2, 0.25) is 0 Å². The molecular formula is C15H16BrFN2O. The van der Waals surface area contributed by atoms with Crippen molar-refractivity contribution in [2.75, 3.05) is 7.11 Å². The minimum Gasteiger partial charge on any atom is -0.375 e. The molecule has 20 heavy (non-hydrogen) atoms. The van der Waals surface area contributed by atoms with E-state index >= 15 is 0 Å². The van der Waals surface area contributed by atoms with E-state index < -0.39 is 6.04 Å². The molecule has 0 bridgehead atoms. The van der Waals surface area contributed by atoms with Crippen LogP contribution in [-0.4, -0.2) is 7.11 Å². The Morgan fingerprint density at radius 2 is 1.90 bits per heavy atom. The van der Waals surface area contributed by atoms with E-state index in [1.807, 2.05) is 30.3 Å². The fourth-order valence-electron chi connectivity index (χ4n) is 2.20. The molecule has 0 aliphatic rings. The summed E-state index contributed by atoms with van der Waals surface area (Å²) in [5.41, 5.74) is 4.03. The highest BCUT2D eigenvalue weighted by Gasteiger charge is 2.26. The number of halogens is 2. The zero-order chi connectivity index (χ0) is 14.5. The maximum atomic E-state index is 14.0. The van der Waals surface area contributed by atoms with Gasteiger partial charge in [-0.3, -0.25) is 5.84 Å². The van der Waals surface area contributed by atoms with Crippen LogP contribution in [0.5, 0.6) is 0 Å². The third-order valence-corrected chi connectivity index (χ3v) is 3.65. The summed E-state index contributed by atoms with van der Waals surface area (Å²) in [5.74, 6) is 5.30. The number of ether oxygens (including phenoxy) is 1. The molecule has 0 fully saturated rings. The summed E-state index contributed by atoms with van der Waals surface area (Å²) in [4.78, 5) is 0. The van der Waals surface area contributed by atoms with Crippen molar-refractivity contribution < 1.29 is 9.13 Å². The number of nitrogens with one attached hydrogen (secondary N) is 1. The minimum atomic E-state index is -0.486. The summed E-state index contributed by atoms with van der Waals surface area (Å²) >= 11 is 3.35. The van der Waals surface area contributed by atoms with Crippen molar-refractivity contribution in [2.45, 2.75) is 12.1 Å². The smallest absolute Gasteiger partial charge is 0.128 e. The van der Waals surface area contributed by atoms with Gasteiger partial charge in [0, 0.05) is 17.1 Å². The van der Waals surface area contributed by atoms with Gasteiger partial charge in [-0.25, -0.2) is 9.82 Å². The number of nitrogens with two attached hydrogens (primary N) is 1. The molecule has 0 saturated carbocycles. The Morgan fingerprint density at radius 1 is 1.20 bits per heavy atom. The van der Waals surface area contributed by atoms with Crippen LogP contribution in [0, 0.1) is 5.82 Å². The summed E-state index contributed by atoms with van der Waals surface area (Å²) in [6, 6.07) is 13.9. The van der Waals surface area contributed by atoms with Crippen LogP contribution in [0.3, 0.4) is 0 Å². The molecule has 2 aromatic carbocycles. The van der Waals surface area contributed by atoms with Gasteiger partial charge in [0.2, 0.25) is 0 Å². The summed E-state index contributed by atoms with van der Waals surface area (Å²) in [6.07, 6.45) is -0.384. The van der Waals surface area contributed by atoms with Crippen LogP contribution >= 0.6 is 15.9 Å². The van der Waals surface area contributed by atoms with Crippen molar-refractivity contribution in [3.05, 3.63) is 69.9 Å². The first-order valence-corrected chi connectivity index (χ1v) is 6.95. The molecule has 3 nitrogen and oxygen atoms in total. The summed E-state index contributed by atoms with van der Waals surface area (Å²) in [5, 5.41) is 0. The van der Waals surface area contributed by atoms with Crippen LogP contribution in [0.1, 0.15) is 23.3 Å². The van der Waals surface area contributed by atoms with E-state index in [4.69, 9.17) is 10.6 Å². The van der Waals surface area contributed by atoms with E-state index in [-0.39, 0.29) is 11.9 Å². The van der Waals surface area contributed by atoms with E-state index in [1.165, 1.54) is 6.07 Å². The molecule has 0 amide bonds. The Morgan fingerprint density at radius 3 is 2.50 bits per heavy atom. The Labute approximate surface area is 126 Å². The molecule has 106 valence electrons. The summed E-state index contributed by atoms with van der Waals surface area (Å²) in [6.45, 7) is 0. The van der Waals surface area contributed by atoms with Gasteiger partial charge < -0.3 is 4.74 Å². The summed E-state index contributed by atoms with van der Waals surface area (Å²) < 4.78 is 20.4. The predicted octanol–water partition coefficient (Wildman–Crippen LogP) is 3.48. The predicted molar refractivity (Wildman–Crippen MR) is 80.4 cm³/mol. The van der Waals surface area contributed by atoms with Gasteiger partial charge in [0.15, 0.2) is 0 Å². The first-order chi connectivity index (χ1) is 9.67. The molecule has 0 aliphatic heterocycles. The maximum Gasteiger partial charge on any atom is 0.128 e. The molecule has 0 radical (unpaired) electrons. The highest BCUT2D eigenvalue weighted by atomic mass is 79.9. The van der Waals surface area contributed by atoms with E-state index in [0.717, 1.165) is 10.0 Å². The maximum absolute atomic E-state index is 14.0. The molecule has 3 N–H and O–H groups in total. The van der Waals surface area contributed by atoms with Gasteiger partial charge in [-0.2, -0.15) is 0 Å². The second-order valence-corrected chi connectivity index (χ2v) is 5.29. The van der Waals surface area contributed by atoms with E-state index in [9.17, 15) is 4.39 Å². The number of benzene rings is 2. The van der Waals surface area contributed by atoms with Crippen LogP contribution in [0.15, 0.2) is 53.0 Å². The lowest BCUT2D eigenvalue weighted by molar-refractivity contribution is 0.0664. The Hall–Kier alpha value is -1.27. The van der Waals surface area contributed by atoms with E-state index in [2.05, 4.69) is 21.4 Å². The highest BCUT2D eigenvalue weighted by molar-refractivity contribution is 9.10. The van der Waals surface area contributed by atoms with E-state index in [1.54, 1.807) is 19.2 Å². The lowest BCUT2D eigenvalue weighted by Gasteiger charge is -2.26. The van der Waals surface area contributed by atoms with Gasteiger partial charge in [-0.15, -0.1) is 0 Å². The van der Waals surface area contributed by atoms with Gasteiger partial charge in [0.05, 0.1) is 6.04 Å². The number of methoxy groups -OCH3 is 1. The van der Waals surface area contributed by atoms with Crippen molar-refractivity contribution >= 4 is 15.9 Å². The minimum absolute atomic E-state index is 0.325. The quantitative estimate of drug-likeness (QED) is 0.648. The fraction of sp³-hybridized carbons (Fsp3) is 0.200. The Bertz CT molecular complexity index is 565. The van der Waals surface area contributed by atoms with Crippen LogP contribution < -0.4 is 11.3 Å². The fourth-order valence-corrected chi connectivity index (χ4v) is 2.58. The summed E-state index contributed by atoms with van der Waals surface area (Å²) in [7, 11) is 1.58. The van der Waals surface area contributed by atoms with Gasteiger partial charge >= 0.3 is 0 Å². The molecule has 2 rings (SSSR count). The van der Waals surface area contributed by atoms with Gasteiger partial charge in [-0.1, -0.05) is 46.3 Å². The highest BCUT2D eigenvalue weighted by Crippen LogP contribution is 2.33. The standard InChI is InChI=1S/C15H16BrFN2O/c1-20-15(10-5-3-2-4-6-10)14(19-18)12-9-11(16)7-8-13(12)17/h2-9,14-15,19H,18H2,1H3. The Kier molecular flexibility index (Phi) is 5.25. The van der Waals surface area contributed by atoms with Crippen LogP contribution in [-0.2, 0) is 4.74 Å². The second-order valence-electron chi connectivity index (χ2n) is 4.38. The zero-order valence-corrected chi connectivity index (χ0v) is 12.6. The third kappa shape index (κ3) is 3.24. The van der Waals surface area contributed by atoms with Crippen LogP contribution in [0.4, 0.5) is 4.39 Å². The molecule has 5 heteroatoms. The molecule has 0 aliphatic carbocycles. The zero-order valence-electron chi connectivity index (χ0n) is 11.0. The van der Waals surface area contributed by atoms with Gasteiger partial charge in [0.1, 0.15) is 11.9 Å². The largest absolute Gasteiger partial charge is 0.375 e. The van der Waals surface area contributed by atoms with Crippen molar-refractivity contribution in [1.82, 2.24) is 5.43 Å². The molecule has 0 spiro atoms. The van der Waals surface area contributed by atoms with Crippen molar-refractivity contribution in [3.63, 3.8) is 0 Å². The van der Waals surface area contributed by atoms with Gasteiger partial charge in [-0.05, 0) is 23.8 Å².